The zero-order valence-electron chi connectivity index (χ0n) is 21.9. The summed E-state index contributed by atoms with van der Waals surface area (Å²) in [6.07, 6.45) is 15.7. The van der Waals surface area contributed by atoms with Crippen LogP contribution in [0.5, 0.6) is 0 Å². The van der Waals surface area contributed by atoms with Gasteiger partial charge in [0.05, 0.1) is 0 Å². The van der Waals surface area contributed by atoms with Crippen molar-refractivity contribution in [1.82, 2.24) is 0 Å². The van der Waals surface area contributed by atoms with Gasteiger partial charge in [0, 0.05) is 0 Å². The first kappa shape index (κ1) is 31.2. The summed E-state index contributed by atoms with van der Waals surface area (Å²) in [5.41, 5.74) is 1.29. The Morgan fingerprint density at radius 1 is 0.935 bits per heavy atom. The van der Waals surface area contributed by atoms with Crippen LogP contribution in [0.15, 0.2) is 21.8 Å². The van der Waals surface area contributed by atoms with Crippen molar-refractivity contribution in [3.05, 3.63) is 21.8 Å². The first-order chi connectivity index (χ1) is 14.9. The third-order valence-electron chi connectivity index (χ3n) is 6.42. The first-order valence-electron chi connectivity index (χ1n) is 13.0. The van der Waals surface area contributed by atoms with E-state index in [1.807, 2.05) is 6.92 Å². The summed E-state index contributed by atoms with van der Waals surface area (Å²) in [6.45, 7) is 13.7. The van der Waals surface area contributed by atoms with E-state index in [0.717, 1.165) is 19.3 Å². The van der Waals surface area contributed by atoms with Crippen molar-refractivity contribution in [1.29, 1.82) is 0 Å². The van der Waals surface area contributed by atoms with E-state index in [1.54, 1.807) is 7.11 Å². The summed E-state index contributed by atoms with van der Waals surface area (Å²) in [6, 6.07) is 0. The average Bonchev–Trinajstić information content (AvgIpc) is 2.75. The SMILES string of the molecule is CCC[CH2][Sn](/[CH]=C\[C@H](C)[C@@H](OCOC)/C(C)=C/CCC[C@@H](C)O)([CH2]CCC)[CH2]CCC. The van der Waals surface area contributed by atoms with Crippen molar-refractivity contribution in [3.8, 4) is 0 Å². The number of rotatable bonds is 20. The molecule has 0 aromatic heterocycles. The molecule has 0 saturated carbocycles. The molecule has 0 aliphatic rings. The summed E-state index contributed by atoms with van der Waals surface area (Å²) in [5.74, 6) is 0.351. The standard InChI is InChI=1S/C15H27O3.3C4H9.Sn/c1-6-12(2)15(18-11-17-5)13(3)9-7-8-10-14(4)16;3*1-3-4-2;/h1,6,9,12,14-16H,7-8,10-11H2,2-5H3;3*1,3-4H2,2H3;/b6-1?,13-9+;;;;/t12-,14+,15+;;;;/m0..../s1. The molecule has 0 unspecified atom stereocenters. The van der Waals surface area contributed by atoms with Gasteiger partial charge in [-0.3, -0.25) is 0 Å². The number of aliphatic hydroxyl groups is 1. The van der Waals surface area contributed by atoms with Crippen LogP contribution in [0.3, 0.4) is 0 Å². The Hall–Kier alpha value is 0.159. The fraction of sp³-hybridized carbons (Fsp3) is 0.852. The van der Waals surface area contributed by atoms with Crippen molar-refractivity contribution in [2.45, 2.75) is 125 Å². The molecule has 0 aromatic carbocycles. The van der Waals surface area contributed by atoms with Gasteiger partial charge in [-0.1, -0.05) is 0 Å². The Bertz CT molecular complexity index is 451. The number of hydrogen-bond donors (Lipinski definition) is 1. The van der Waals surface area contributed by atoms with Gasteiger partial charge in [-0.2, -0.15) is 0 Å². The molecule has 0 aromatic rings. The van der Waals surface area contributed by atoms with E-state index in [-0.39, 0.29) is 12.2 Å². The van der Waals surface area contributed by atoms with Gasteiger partial charge < -0.3 is 0 Å². The summed E-state index contributed by atoms with van der Waals surface area (Å²) in [5, 5.41) is 9.50. The third kappa shape index (κ3) is 14.8. The molecule has 3 nitrogen and oxygen atoms in total. The topological polar surface area (TPSA) is 38.7 Å². The van der Waals surface area contributed by atoms with Gasteiger partial charge in [0.15, 0.2) is 0 Å². The molecule has 0 saturated heterocycles. The van der Waals surface area contributed by atoms with Crippen LogP contribution in [0, 0.1) is 5.92 Å². The van der Waals surface area contributed by atoms with Gasteiger partial charge in [-0.25, -0.2) is 0 Å². The number of aliphatic hydroxyl groups excluding tert-OH is 1. The van der Waals surface area contributed by atoms with Gasteiger partial charge in [0.1, 0.15) is 0 Å². The number of ether oxygens (including phenoxy) is 2. The molecule has 0 rings (SSSR count). The fourth-order valence-corrected chi connectivity index (χ4v) is 19.0. The molecule has 4 heteroatoms. The average molecular weight is 545 g/mol. The van der Waals surface area contributed by atoms with E-state index in [2.05, 4.69) is 50.9 Å². The number of unbranched alkanes of at least 4 members (excludes halogenated alkanes) is 4. The van der Waals surface area contributed by atoms with Crippen molar-refractivity contribution in [3.63, 3.8) is 0 Å². The maximum atomic E-state index is 9.50. The Morgan fingerprint density at radius 3 is 1.94 bits per heavy atom. The second-order valence-electron chi connectivity index (χ2n) is 9.61. The summed E-state index contributed by atoms with van der Waals surface area (Å²) >= 11 is -2.27. The molecule has 0 amide bonds. The monoisotopic (exact) mass is 546 g/mol. The predicted molar refractivity (Wildman–Crippen MR) is 139 cm³/mol. The van der Waals surface area contributed by atoms with E-state index in [1.165, 1.54) is 57.4 Å². The molecule has 0 fully saturated rings. The Balaban J connectivity index is 5.45. The van der Waals surface area contributed by atoms with Crippen molar-refractivity contribution < 1.29 is 14.6 Å². The summed E-state index contributed by atoms with van der Waals surface area (Å²) in [7, 11) is 1.70. The van der Waals surface area contributed by atoms with Gasteiger partial charge in [-0.15, -0.1) is 0 Å². The Labute approximate surface area is 198 Å². The minimum absolute atomic E-state index is 0.0651. The Kier molecular flexibility index (Phi) is 19.7. The van der Waals surface area contributed by atoms with E-state index >= 15 is 0 Å². The van der Waals surface area contributed by atoms with Gasteiger partial charge >= 0.3 is 199 Å². The molecule has 0 aliphatic carbocycles. The van der Waals surface area contributed by atoms with Crippen LogP contribution in [0.25, 0.3) is 0 Å². The first-order valence-corrected chi connectivity index (χ1v) is 20.7. The second-order valence-corrected chi connectivity index (χ2v) is 22.6. The van der Waals surface area contributed by atoms with Crippen LogP contribution in [-0.4, -0.2) is 49.6 Å². The van der Waals surface area contributed by atoms with E-state index in [9.17, 15) is 5.11 Å². The zero-order chi connectivity index (χ0) is 23.5. The van der Waals surface area contributed by atoms with E-state index in [4.69, 9.17) is 9.47 Å². The quantitative estimate of drug-likeness (QED) is 0.0728. The second kappa shape index (κ2) is 19.6. The van der Waals surface area contributed by atoms with Crippen molar-refractivity contribution >= 4 is 18.4 Å². The molecule has 31 heavy (non-hydrogen) atoms. The van der Waals surface area contributed by atoms with Crippen molar-refractivity contribution in [2.24, 2.45) is 5.92 Å². The molecule has 0 spiro atoms. The Morgan fingerprint density at radius 2 is 1.48 bits per heavy atom. The molecule has 0 aliphatic heterocycles. The van der Waals surface area contributed by atoms with E-state index < -0.39 is 18.4 Å². The van der Waals surface area contributed by atoms with Crippen LogP contribution in [0.2, 0.25) is 13.3 Å². The summed E-state index contributed by atoms with van der Waals surface area (Å²) in [4.78, 5) is 0. The number of methoxy groups -OCH3 is 1. The van der Waals surface area contributed by atoms with Gasteiger partial charge in [0.25, 0.3) is 0 Å². The molecule has 0 radical (unpaired) electrons. The predicted octanol–water partition coefficient (Wildman–Crippen LogP) is 8.05. The molecular formula is C27H54O3Sn. The maximum absolute atomic E-state index is 9.50. The fourth-order valence-electron chi connectivity index (χ4n) is 4.37. The molecule has 3 atom stereocenters. The van der Waals surface area contributed by atoms with Gasteiger partial charge in [-0.05, 0) is 0 Å². The summed E-state index contributed by atoms with van der Waals surface area (Å²) < 4.78 is 18.7. The number of allylic oxidation sites excluding steroid dienone is 1. The van der Waals surface area contributed by atoms with Crippen LogP contribution >= 0.6 is 0 Å². The van der Waals surface area contributed by atoms with E-state index in [0.29, 0.717) is 12.7 Å². The number of hydrogen-bond acceptors (Lipinski definition) is 3. The van der Waals surface area contributed by atoms with Crippen LogP contribution < -0.4 is 0 Å². The third-order valence-corrected chi connectivity index (χ3v) is 20.5. The molecule has 0 bridgehead atoms. The van der Waals surface area contributed by atoms with Crippen LogP contribution in [0.4, 0.5) is 0 Å². The molecule has 1 N–H and O–H groups in total. The zero-order valence-corrected chi connectivity index (χ0v) is 24.8. The normalized spacial score (nSPS) is 16.1. The van der Waals surface area contributed by atoms with Crippen LogP contribution in [0.1, 0.15) is 99.3 Å². The van der Waals surface area contributed by atoms with Crippen molar-refractivity contribution in [2.75, 3.05) is 13.9 Å². The minimum atomic E-state index is -2.27. The van der Waals surface area contributed by atoms with Crippen LogP contribution in [-0.2, 0) is 9.47 Å². The molecule has 184 valence electrons. The van der Waals surface area contributed by atoms with Gasteiger partial charge in [0.2, 0.25) is 0 Å². The molecule has 0 heterocycles. The molecular weight excluding hydrogens is 491 g/mol.